The molecule has 4 rings (SSSR count). The van der Waals surface area contributed by atoms with Gasteiger partial charge >= 0.3 is 0 Å². The molecule has 0 bridgehead atoms. The Morgan fingerprint density at radius 1 is 1.12 bits per heavy atom. The summed E-state index contributed by atoms with van der Waals surface area (Å²) in [5.41, 5.74) is 2.04. The van der Waals surface area contributed by atoms with Crippen LogP contribution in [0.3, 0.4) is 0 Å². The van der Waals surface area contributed by atoms with Crippen molar-refractivity contribution in [2.45, 2.75) is 12.0 Å². The van der Waals surface area contributed by atoms with Crippen LogP contribution < -0.4 is 5.32 Å². The lowest BCUT2D eigenvalue weighted by atomic mass is 9.87. The van der Waals surface area contributed by atoms with Crippen molar-refractivity contribution in [3.63, 3.8) is 0 Å². The summed E-state index contributed by atoms with van der Waals surface area (Å²) in [5.74, 6) is -0.550. The molecule has 1 aromatic heterocycles. The molecule has 0 spiro atoms. The van der Waals surface area contributed by atoms with Crippen molar-refractivity contribution in [2.24, 2.45) is 0 Å². The first-order chi connectivity index (χ1) is 16.1. The lowest BCUT2D eigenvalue weighted by molar-refractivity contribution is -0.157. The summed E-state index contributed by atoms with van der Waals surface area (Å²) >= 11 is 0. The number of hydrogen-bond acceptors (Lipinski definition) is 5. The lowest BCUT2D eigenvalue weighted by Gasteiger charge is -2.41. The third-order valence-electron chi connectivity index (χ3n) is 5.65. The Bertz CT molecular complexity index is 1120. The van der Waals surface area contributed by atoms with Gasteiger partial charge in [0.25, 0.3) is 11.8 Å². The second-order valence-corrected chi connectivity index (χ2v) is 7.86. The van der Waals surface area contributed by atoms with E-state index in [2.05, 4.69) is 21.9 Å². The minimum absolute atomic E-state index is 0.106. The van der Waals surface area contributed by atoms with E-state index in [0.29, 0.717) is 19.5 Å². The second kappa shape index (κ2) is 10.2. The Labute approximate surface area is 193 Å². The van der Waals surface area contributed by atoms with Crippen LogP contribution in [0.2, 0.25) is 0 Å². The van der Waals surface area contributed by atoms with Crippen molar-refractivity contribution in [1.82, 2.24) is 20.2 Å². The zero-order valence-electron chi connectivity index (χ0n) is 18.3. The molecule has 3 aromatic rings. The quantitative estimate of drug-likeness (QED) is 0.569. The number of ether oxygens (including phenoxy) is 1. The van der Waals surface area contributed by atoms with E-state index in [1.807, 2.05) is 54.6 Å². The molecule has 0 radical (unpaired) electrons. The SMILES string of the molecule is C=CCNC(=O)C1(Cc2ccccc2-c2ccccc2)CN(C(=O)c2cnccn2)CCO1. The maximum absolute atomic E-state index is 13.4. The fraction of sp³-hybridized carbons (Fsp3) is 0.231. The van der Waals surface area contributed by atoms with E-state index in [4.69, 9.17) is 4.74 Å². The molecule has 7 heteroatoms. The molecule has 7 nitrogen and oxygen atoms in total. The number of carbonyl (C=O) groups excluding carboxylic acids is 2. The zero-order valence-corrected chi connectivity index (χ0v) is 18.3. The topological polar surface area (TPSA) is 84.4 Å². The molecule has 33 heavy (non-hydrogen) atoms. The Kier molecular flexibility index (Phi) is 6.90. The van der Waals surface area contributed by atoms with Gasteiger partial charge in [-0.2, -0.15) is 0 Å². The van der Waals surface area contributed by atoms with E-state index < -0.39 is 5.60 Å². The highest BCUT2D eigenvalue weighted by atomic mass is 16.5. The van der Waals surface area contributed by atoms with Gasteiger partial charge in [-0.1, -0.05) is 60.7 Å². The highest BCUT2D eigenvalue weighted by Gasteiger charge is 2.45. The number of morpholine rings is 1. The second-order valence-electron chi connectivity index (χ2n) is 7.86. The van der Waals surface area contributed by atoms with Crippen LogP contribution in [0.15, 0.2) is 85.8 Å². The van der Waals surface area contributed by atoms with Crippen LogP contribution >= 0.6 is 0 Å². The zero-order chi connectivity index (χ0) is 23.1. The number of nitrogens with one attached hydrogen (secondary N) is 1. The standard InChI is InChI=1S/C26H26N4O3/c1-2-12-29-25(32)26(17-21-10-6-7-11-22(21)20-8-4-3-5-9-20)19-30(15-16-33-26)24(31)23-18-27-13-14-28-23/h2-11,13-14,18H,1,12,15-17,19H2,(H,29,32). The van der Waals surface area contributed by atoms with E-state index in [1.54, 1.807) is 11.0 Å². The van der Waals surface area contributed by atoms with Crippen molar-refractivity contribution in [1.29, 1.82) is 0 Å². The Morgan fingerprint density at radius 2 is 1.91 bits per heavy atom. The Hall–Kier alpha value is -3.84. The van der Waals surface area contributed by atoms with E-state index in [-0.39, 0.29) is 30.7 Å². The summed E-state index contributed by atoms with van der Waals surface area (Å²) in [6, 6.07) is 18.0. The fourth-order valence-electron chi connectivity index (χ4n) is 4.06. The molecule has 2 heterocycles. The number of amides is 2. The first-order valence-electron chi connectivity index (χ1n) is 10.8. The number of nitrogens with zero attached hydrogens (tertiary/aromatic N) is 3. The minimum Gasteiger partial charge on any atom is -0.361 e. The summed E-state index contributed by atoms with van der Waals surface area (Å²) in [6.07, 6.45) is 6.36. The molecule has 2 aromatic carbocycles. The number of benzene rings is 2. The van der Waals surface area contributed by atoms with Gasteiger partial charge in [0.05, 0.1) is 19.3 Å². The highest BCUT2D eigenvalue weighted by Crippen LogP contribution is 2.30. The number of rotatable bonds is 7. The molecule has 2 amide bonds. The van der Waals surface area contributed by atoms with Gasteiger partial charge in [-0.05, 0) is 16.7 Å². The van der Waals surface area contributed by atoms with Gasteiger partial charge in [-0.25, -0.2) is 4.98 Å². The molecule has 1 saturated heterocycles. The molecule has 1 unspecified atom stereocenters. The van der Waals surface area contributed by atoms with Crippen molar-refractivity contribution < 1.29 is 14.3 Å². The predicted octanol–water partition coefficient (Wildman–Crippen LogP) is 2.90. The number of aromatic nitrogens is 2. The summed E-state index contributed by atoms with van der Waals surface area (Å²) in [5, 5.41) is 2.87. The van der Waals surface area contributed by atoms with Gasteiger partial charge < -0.3 is 15.0 Å². The van der Waals surface area contributed by atoms with Crippen LogP contribution in [0.1, 0.15) is 16.1 Å². The summed E-state index contributed by atoms with van der Waals surface area (Å²) in [7, 11) is 0. The van der Waals surface area contributed by atoms with E-state index in [9.17, 15) is 9.59 Å². The Balaban J connectivity index is 1.68. The summed E-state index contributed by atoms with van der Waals surface area (Å²) < 4.78 is 6.16. The molecule has 1 N–H and O–H groups in total. The average Bonchev–Trinajstić information content (AvgIpc) is 2.88. The third-order valence-corrected chi connectivity index (χ3v) is 5.65. The molecular formula is C26H26N4O3. The average molecular weight is 443 g/mol. The van der Waals surface area contributed by atoms with Crippen molar-refractivity contribution >= 4 is 11.8 Å². The third kappa shape index (κ3) is 4.99. The van der Waals surface area contributed by atoms with Crippen LogP contribution in [0.5, 0.6) is 0 Å². The molecule has 1 aliphatic rings. The lowest BCUT2D eigenvalue weighted by Crippen LogP contribution is -2.62. The van der Waals surface area contributed by atoms with Crippen molar-refractivity contribution in [2.75, 3.05) is 26.2 Å². The first kappa shape index (κ1) is 22.4. The molecular weight excluding hydrogens is 416 g/mol. The predicted molar refractivity (Wildman–Crippen MR) is 125 cm³/mol. The largest absolute Gasteiger partial charge is 0.361 e. The van der Waals surface area contributed by atoms with Crippen LogP contribution in [-0.2, 0) is 16.0 Å². The minimum atomic E-state index is -1.25. The van der Waals surface area contributed by atoms with Gasteiger partial charge in [0.2, 0.25) is 0 Å². The van der Waals surface area contributed by atoms with E-state index in [1.165, 1.54) is 18.6 Å². The maximum Gasteiger partial charge on any atom is 0.274 e. The van der Waals surface area contributed by atoms with Crippen LogP contribution in [-0.4, -0.2) is 58.5 Å². The molecule has 1 atom stereocenters. The highest BCUT2D eigenvalue weighted by molar-refractivity contribution is 5.93. The molecule has 0 aliphatic carbocycles. The van der Waals surface area contributed by atoms with Crippen molar-refractivity contribution in [3.05, 3.63) is 97.1 Å². The fourth-order valence-corrected chi connectivity index (χ4v) is 4.06. The van der Waals surface area contributed by atoms with Gasteiger partial charge in [-0.3, -0.25) is 14.6 Å². The van der Waals surface area contributed by atoms with Gasteiger partial charge in [0.15, 0.2) is 5.60 Å². The van der Waals surface area contributed by atoms with Gasteiger partial charge in [-0.15, -0.1) is 6.58 Å². The van der Waals surface area contributed by atoms with Gasteiger partial charge in [0, 0.05) is 31.9 Å². The summed E-state index contributed by atoms with van der Waals surface area (Å²) in [6.45, 7) is 4.70. The molecule has 0 saturated carbocycles. The normalized spacial score (nSPS) is 17.9. The molecule has 1 fully saturated rings. The summed E-state index contributed by atoms with van der Waals surface area (Å²) in [4.78, 5) is 36.2. The molecule has 1 aliphatic heterocycles. The Morgan fingerprint density at radius 3 is 2.67 bits per heavy atom. The van der Waals surface area contributed by atoms with Crippen LogP contribution in [0, 0.1) is 0 Å². The van der Waals surface area contributed by atoms with E-state index >= 15 is 0 Å². The van der Waals surface area contributed by atoms with Crippen molar-refractivity contribution in [3.8, 4) is 11.1 Å². The first-order valence-corrected chi connectivity index (χ1v) is 10.8. The number of carbonyl (C=O) groups is 2. The number of hydrogen-bond donors (Lipinski definition) is 1. The van der Waals surface area contributed by atoms with Crippen LogP contribution in [0.4, 0.5) is 0 Å². The maximum atomic E-state index is 13.4. The molecule has 168 valence electrons. The van der Waals surface area contributed by atoms with E-state index in [0.717, 1.165) is 16.7 Å². The monoisotopic (exact) mass is 442 g/mol. The smallest absolute Gasteiger partial charge is 0.274 e. The van der Waals surface area contributed by atoms with Crippen LogP contribution in [0.25, 0.3) is 11.1 Å². The van der Waals surface area contributed by atoms with Gasteiger partial charge in [0.1, 0.15) is 5.69 Å².